The average molecular weight is 482 g/mol. The molecular weight excluding hydrogens is 426 g/mol. The van der Waals surface area contributed by atoms with Crippen LogP contribution in [0.25, 0.3) is 0 Å². The van der Waals surface area contributed by atoms with E-state index in [1.165, 1.54) is 70.6 Å². The second-order valence-corrected chi connectivity index (χ2v) is 9.60. The molecule has 0 heterocycles. The minimum absolute atomic E-state index is 0.375. The minimum atomic E-state index is -1.10. The number of aliphatic hydroxyl groups excluding tert-OH is 3. The summed E-state index contributed by atoms with van der Waals surface area (Å²) in [5.41, 5.74) is 0. The van der Waals surface area contributed by atoms with Crippen LogP contribution in [0.3, 0.4) is 0 Å². The fourth-order valence-electron chi connectivity index (χ4n) is 3.96. The van der Waals surface area contributed by atoms with E-state index in [0.717, 1.165) is 38.5 Å². The molecule has 1 amide bonds. The number of rotatable bonds is 24. The van der Waals surface area contributed by atoms with Gasteiger partial charge in [-0.3, -0.25) is 4.79 Å². The van der Waals surface area contributed by atoms with Crippen molar-refractivity contribution in [3.8, 4) is 0 Å². The van der Waals surface area contributed by atoms with E-state index < -0.39 is 24.2 Å². The Morgan fingerprint density at radius 1 is 0.706 bits per heavy atom. The van der Waals surface area contributed by atoms with Crippen LogP contribution in [0.4, 0.5) is 0 Å². The van der Waals surface area contributed by atoms with Crippen molar-refractivity contribution < 1.29 is 20.1 Å². The van der Waals surface area contributed by atoms with Gasteiger partial charge in [-0.2, -0.15) is 0 Å². The van der Waals surface area contributed by atoms with E-state index in [1.807, 2.05) is 6.08 Å². The zero-order chi connectivity index (χ0) is 25.3. The number of aliphatic hydroxyl groups is 3. The molecule has 3 unspecified atom stereocenters. The lowest BCUT2D eigenvalue weighted by Crippen LogP contribution is -2.48. The fraction of sp³-hybridized carbons (Fsp3) is 0.828. The monoisotopic (exact) mass is 481 g/mol. The third-order valence-corrected chi connectivity index (χ3v) is 6.29. The molecule has 0 radical (unpaired) electrons. The molecule has 0 aliphatic heterocycles. The molecule has 0 aliphatic rings. The van der Waals surface area contributed by atoms with Crippen LogP contribution < -0.4 is 5.32 Å². The summed E-state index contributed by atoms with van der Waals surface area (Å²) in [6.07, 6.45) is 26.2. The van der Waals surface area contributed by atoms with Gasteiger partial charge in [0, 0.05) is 0 Å². The van der Waals surface area contributed by atoms with E-state index in [0.29, 0.717) is 6.42 Å². The number of amides is 1. The zero-order valence-corrected chi connectivity index (χ0v) is 22.2. The predicted octanol–water partition coefficient (Wildman–Crippen LogP) is 6.36. The molecule has 0 spiro atoms. The Morgan fingerprint density at radius 2 is 1.21 bits per heavy atom. The second kappa shape index (κ2) is 24.9. The maximum Gasteiger partial charge on any atom is 0.249 e. The third kappa shape index (κ3) is 20.2. The Balaban J connectivity index is 3.94. The van der Waals surface area contributed by atoms with Crippen LogP contribution in [0.5, 0.6) is 0 Å². The lowest BCUT2D eigenvalue weighted by atomic mass is 10.0. The van der Waals surface area contributed by atoms with Crippen molar-refractivity contribution in [1.29, 1.82) is 0 Å². The summed E-state index contributed by atoms with van der Waals surface area (Å²) in [6, 6.07) is -0.805. The molecule has 0 aromatic heterocycles. The molecule has 34 heavy (non-hydrogen) atoms. The first-order valence-electron chi connectivity index (χ1n) is 14.2. The summed E-state index contributed by atoms with van der Waals surface area (Å²) in [4.78, 5) is 12.2. The molecule has 4 N–H and O–H groups in total. The van der Waals surface area contributed by atoms with Gasteiger partial charge in [0.05, 0.1) is 18.8 Å². The van der Waals surface area contributed by atoms with Crippen molar-refractivity contribution in [2.24, 2.45) is 0 Å². The first kappa shape index (κ1) is 32.8. The van der Waals surface area contributed by atoms with Gasteiger partial charge in [-0.05, 0) is 32.1 Å². The highest BCUT2D eigenvalue weighted by Crippen LogP contribution is 2.12. The number of unbranched alkanes of at least 4 members (excludes halogenated alkanes) is 14. The number of hydrogen-bond donors (Lipinski definition) is 4. The van der Waals surface area contributed by atoms with Crippen LogP contribution in [0, 0.1) is 0 Å². The van der Waals surface area contributed by atoms with Crippen LogP contribution in [-0.2, 0) is 4.79 Å². The van der Waals surface area contributed by atoms with E-state index >= 15 is 0 Å². The molecule has 0 aliphatic carbocycles. The summed E-state index contributed by atoms with van der Waals surface area (Å²) in [7, 11) is 0. The van der Waals surface area contributed by atoms with Crippen molar-refractivity contribution in [2.75, 3.05) is 6.61 Å². The minimum Gasteiger partial charge on any atom is -0.394 e. The van der Waals surface area contributed by atoms with Crippen LogP contribution in [0.1, 0.15) is 129 Å². The van der Waals surface area contributed by atoms with Gasteiger partial charge < -0.3 is 20.6 Å². The van der Waals surface area contributed by atoms with E-state index in [-0.39, 0.29) is 6.61 Å². The molecular formula is C29H55NO4. The Kier molecular flexibility index (Phi) is 24.1. The summed E-state index contributed by atoms with van der Waals surface area (Å²) >= 11 is 0. The topological polar surface area (TPSA) is 89.8 Å². The molecule has 3 atom stereocenters. The van der Waals surface area contributed by atoms with Gasteiger partial charge in [0.25, 0.3) is 0 Å². The van der Waals surface area contributed by atoms with E-state index in [4.69, 9.17) is 0 Å². The highest BCUT2D eigenvalue weighted by atomic mass is 16.3. The summed E-state index contributed by atoms with van der Waals surface area (Å²) in [5.74, 6) is -0.520. The Labute approximate surface area is 210 Å². The molecule has 0 bridgehead atoms. The fourth-order valence-corrected chi connectivity index (χ4v) is 3.96. The summed E-state index contributed by atoms with van der Waals surface area (Å²) in [5, 5.41) is 32.5. The van der Waals surface area contributed by atoms with E-state index in [2.05, 4.69) is 31.3 Å². The lowest BCUT2D eigenvalue weighted by Gasteiger charge is -2.21. The van der Waals surface area contributed by atoms with E-state index in [9.17, 15) is 20.1 Å². The number of allylic oxidation sites excluding steroid dienone is 3. The first-order valence-corrected chi connectivity index (χ1v) is 14.2. The van der Waals surface area contributed by atoms with Gasteiger partial charge in [0.15, 0.2) is 0 Å². The van der Waals surface area contributed by atoms with Crippen molar-refractivity contribution >= 4 is 5.91 Å². The number of nitrogens with one attached hydrogen (secondary N) is 1. The van der Waals surface area contributed by atoms with Gasteiger partial charge in [-0.1, -0.05) is 122 Å². The first-order chi connectivity index (χ1) is 16.6. The van der Waals surface area contributed by atoms with Gasteiger partial charge in [-0.15, -0.1) is 0 Å². The largest absolute Gasteiger partial charge is 0.394 e. The van der Waals surface area contributed by atoms with Crippen molar-refractivity contribution in [3.63, 3.8) is 0 Å². The van der Waals surface area contributed by atoms with Crippen molar-refractivity contribution in [1.82, 2.24) is 5.32 Å². The number of carbonyl (C=O) groups excluding carboxylic acids is 1. The normalized spacial score (nSPS) is 14.6. The van der Waals surface area contributed by atoms with Gasteiger partial charge in [-0.25, -0.2) is 0 Å². The maximum absolute atomic E-state index is 12.2. The van der Waals surface area contributed by atoms with Crippen LogP contribution in [0.15, 0.2) is 24.3 Å². The molecule has 0 saturated heterocycles. The zero-order valence-electron chi connectivity index (χ0n) is 22.2. The molecule has 0 saturated carbocycles. The van der Waals surface area contributed by atoms with Gasteiger partial charge in [0.1, 0.15) is 6.10 Å². The number of carbonyl (C=O) groups is 1. The van der Waals surface area contributed by atoms with E-state index in [1.54, 1.807) is 6.08 Å². The van der Waals surface area contributed by atoms with Crippen LogP contribution in [-0.4, -0.2) is 46.1 Å². The van der Waals surface area contributed by atoms with Gasteiger partial charge >= 0.3 is 0 Å². The van der Waals surface area contributed by atoms with Crippen LogP contribution >= 0.6 is 0 Å². The summed E-state index contributed by atoms with van der Waals surface area (Å²) < 4.78 is 0. The molecule has 0 rings (SSSR count). The highest BCUT2D eigenvalue weighted by molar-refractivity contribution is 5.80. The number of hydrogen-bond acceptors (Lipinski definition) is 4. The smallest absolute Gasteiger partial charge is 0.249 e. The Bertz CT molecular complexity index is 506. The lowest BCUT2D eigenvalue weighted by molar-refractivity contribution is -0.131. The van der Waals surface area contributed by atoms with Crippen LogP contribution in [0.2, 0.25) is 0 Å². The standard InChI is InChI=1S/C29H55NO4/c1-3-5-7-9-11-13-14-16-17-19-21-23-27(32)26(25-31)30-29(34)28(33)24-22-20-18-15-12-10-8-6-4-2/h14,16,21,23,26-28,31-33H,3-13,15,17-20,22,24-25H2,1-2H3,(H,30,34)/b16-14+,23-21+. The SMILES string of the molecule is CCCCCCC/C=C/CC/C=C/C(O)C(CO)NC(=O)C(O)CCCCCCCCCCC. The molecule has 0 aromatic carbocycles. The highest BCUT2D eigenvalue weighted by Gasteiger charge is 2.22. The Hall–Kier alpha value is -1.17. The molecule has 200 valence electrons. The molecule has 5 heteroatoms. The average Bonchev–Trinajstić information content (AvgIpc) is 2.84. The quantitative estimate of drug-likeness (QED) is 0.0954. The Morgan fingerprint density at radius 3 is 1.79 bits per heavy atom. The van der Waals surface area contributed by atoms with Gasteiger partial charge in [0.2, 0.25) is 5.91 Å². The maximum atomic E-state index is 12.2. The molecule has 0 fully saturated rings. The summed E-state index contributed by atoms with van der Waals surface area (Å²) in [6.45, 7) is 4.07. The molecule has 0 aromatic rings. The second-order valence-electron chi connectivity index (χ2n) is 9.60. The third-order valence-electron chi connectivity index (χ3n) is 6.29. The molecule has 5 nitrogen and oxygen atoms in total. The van der Waals surface area contributed by atoms with Crippen molar-refractivity contribution in [2.45, 2.75) is 148 Å². The predicted molar refractivity (Wildman–Crippen MR) is 144 cm³/mol. The van der Waals surface area contributed by atoms with Crippen molar-refractivity contribution in [3.05, 3.63) is 24.3 Å².